The maximum absolute atomic E-state index is 10.6. The summed E-state index contributed by atoms with van der Waals surface area (Å²) in [7, 11) is 0. The number of nitrogens with two attached hydrogens (primary N) is 1. The highest BCUT2D eigenvalue weighted by Gasteiger charge is 2.17. The van der Waals surface area contributed by atoms with E-state index in [1.165, 1.54) is 11.3 Å². The fourth-order valence-corrected chi connectivity index (χ4v) is 2.51. The topological polar surface area (TPSA) is 76.2 Å². The van der Waals surface area contributed by atoms with E-state index in [1.54, 1.807) is 0 Å². The molecule has 0 aliphatic rings. The average molecular weight is 228 g/mol. The molecule has 0 aliphatic heterocycles. The highest BCUT2D eigenvalue weighted by Crippen LogP contribution is 2.24. The lowest BCUT2D eigenvalue weighted by molar-refractivity contribution is -0.138. The molecule has 0 aromatic carbocycles. The standard InChI is InChI=1S/C10H16N2O2S/c1-5(2)9-6(3)15-8(12-9)4-7(11)10(13)14/h5,7H,4,11H2,1-3H3,(H,13,14). The van der Waals surface area contributed by atoms with Crippen LogP contribution in [0.4, 0.5) is 0 Å². The first-order chi connectivity index (χ1) is 6.91. The first kappa shape index (κ1) is 12.1. The zero-order valence-corrected chi connectivity index (χ0v) is 9.97. The number of thiazole rings is 1. The van der Waals surface area contributed by atoms with Crippen LogP contribution in [0, 0.1) is 6.92 Å². The summed E-state index contributed by atoms with van der Waals surface area (Å²) in [6.07, 6.45) is 0.313. The van der Waals surface area contributed by atoms with Gasteiger partial charge in [-0.3, -0.25) is 4.79 Å². The third-order valence-electron chi connectivity index (χ3n) is 2.14. The number of hydrogen-bond acceptors (Lipinski definition) is 4. The van der Waals surface area contributed by atoms with Gasteiger partial charge < -0.3 is 10.8 Å². The van der Waals surface area contributed by atoms with Crippen molar-refractivity contribution in [3.8, 4) is 0 Å². The minimum atomic E-state index is -0.978. The molecule has 3 N–H and O–H groups in total. The second kappa shape index (κ2) is 4.72. The van der Waals surface area contributed by atoms with Gasteiger partial charge in [-0.1, -0.05) is 13.8 Å². The second-order valence-corrected chi connectivity index (χ2v) is 5.14. The van der Waals surface area contributed by atoms with E-state index in [1.807, 2.05) is 6.92 Å². The average Bonchev–Trinajstić information content (AvgIpc) is 2.46. The second-order valence-electron chi connectivity index (χ2n) is 3.85. The van der Waals surface area contributed by atoms with Crippen LogP contribution in [0.2, 0.25) is 0 Å². The maximum Gasteiger partial charge on any atom is 0.320 e. The van der Waals surface area contributed by atoms with E-state index in [0.29, 0.717) is 12.3 Å². The van der Waals surface area contributed by atoms with Crippen molar-refractivity contribution < 1.29 is 9.90 Å². The van der Waals surface area contributed by atoms with Crippen molar-refractivity contribution in [2.45, 2.75) is 39.2 Å². The zero-order chi connectivity index (χ0) is 11.6. The van der Waals surface area contributed by atoms with Gasteiger partial charge in [-0.05, 0) is 12.8 Å². The fraction of sp³-hybridized carbons (Fsp3) is 0.600. The molecule has 4 nitrogen and oxygen atoms in total. The van der Waals surface area contributed by atoms with Crippen molar-refractivity contribution >= 4 is 17.3 Å². The molecule has 1 aromatic heterocycles. The van der Waals surface area contributed by atoms with Gasteiger partial charge in [0.1, 0.15) is 6.04 Å². The van der Waals surface area contributed by atoms with Crippen LogP contribution < -0.4 is 5.73 Å². The first-order valence-corrected chi connectivity index (χ1v) is 5.68. The fourth-order valence-electron chi connectivity index (χ4n) is 1.36. The third kappa shape index (κ3) is 3.00. The predicted octanol–water partition coefficient (Wildman–Crippen LogP) is 1.53. The molecule has 0 saturated carbocycles. The van der Waals surface area contributed by atoms with Crippen molar-refractivity contribution in [2.24, 2.45) is 5.73 Å². The van der Waals surface area contributed by atoms with Crippen LogP contribution in [0.1, 0.15) is 35.3 Å². The molecule has 5 heteroatoms. The van der Waals surface area contributed by atoms with E-state index in [4.69, 9.17) is 10.8 Å². The van der Waals surface area contributed by atoms with Crippen molar-refractivity contribution in [1.29, 1.82) is 0 Å². The Morgan fingerprint density at radius 3 is 2.60 bits per heavy atom. The number of nitrogens with zero attached hydrogens (tertiary/aromatic N) is 1. The molecule has 15 heavy (non-hydrogen) atoms. The Kier molecular flexibility index (Phi) is 3.82. The summed E-state index contributed by atoms with van der Waals surface area (Å²) >= 11 is 1.53. The summed E-state index contributed by atoms with van der Waals surface area (Å²) in [6, 6.07) is -0.851. The predicted molar refractivity (Wildman–Crippen MR) is 60.3 cm³/mol. The third-order valence-corrected chi connectivity index (χ3v) is 3.14. The molecule has 0 radical (unpaired) electrons. The Morgan fingerprint density at radius 1 is 1.60 bits per heavy atom. The van der Waals surface area contributed by atoms with Crippen LogP contribution in [0.5, 0.6) is 0 Å². The summed E-state index contributed by atoms with van der Waals surface area (Å²) in [5.41, 5.74) is 6.50. The van der Waals surface area contributed by atoms with Crippen LogP contribution in [0.25, 0.3) is 0 Å². The lowest BCUT2D eigenvalue weighted by atomic mass is 10.1. The molecule has 0 fully saturated rings. The van der Waals surface area contributed by atoms with Crippen molar-refractivity contribution in [3.05, 3.63) is 15.6 Å². The van der Waals surface area contributed by atoms with Crippen LogP contribution in [0.15, 0.2) is 0 Å². The molecule has 0 bridgehead atoms. The lowest BCUT2D eigenvalue weighted by Gasteiger charge is -2.02. The number of hydrogen-bond donors (Lipinski definition) is 2. The van der Waals surface area contributed by atoms with Gasteiger partial charge in [0.05, 0.1) is 10.7 Å². The van der Waals surface area contributed by atoms with Crippen molar-refractivity contribution in [3.63, 3.8) is 0 Å². The number of rotatable bonds is 4. The van der Waals surface area contributed by atoms with E-state index < -0.39 is 12.0 Å². The number of carboxylic acids is 1. The molecule has 1 unspecified atom stereocenters. The Morgan fingerprint density at radius 2 is 2.20 bits per heavy atom. The molecule has 1 rings (SSSR count). The van der Waals surface area contributed by atoms with Crippen LogP contribution >= 0.6 is 11.3 Å². The van der Waals surface area contributed by atoms with Gasteiger partial charge in [0.25, 0.3) is 0 Å². The highest BCUT2D eigenvalue weighted by atomic mass is 32.1. The monoisotopic (exact) mass is 228 g/mol. The number of aryl methyl sites for hydroxylation is 1. The smallest absolute Gasteiger partial charge is 0.320 e. The van der Waals surface area contributed by atoms with Gasteiger partial charge in [-0.25, -0.2) is 4.98 Å². The van der Waals surface area contributed by atoms with Crippen molar-refractivity contribution in [2.75, 3.05) is 0 Å². The van der Waals surface area contributed by atoms with E-state index in [-0.39, 0.29) is 0 Å². The Balaban J connectivity index is 2.79. The van der Waals surface area contributed by atoms with Gasteiger partial charge in [-0.15, -0.1) is 11.3 Å². The summed E-state index contributed by atoms with van der Waals surface area (Å²) in [5, 5.41) is 9.49. The molecule has 0 saturated heterocycles. The minimum Gasteiger partial charge on any atom is -0.480 e. The normalized spacial score (nSPS) is 13.1. The molecular formula is C10H16N2O2S. The molecule has 1 atom stereocenters. The first-order valence-electron chi connectivity index (χ1n) is 4.86. The Labute approximate surface area is 93.1 Å². The van der Waals surface area contributed by atoms with Gasteiger partial charge >= 0.3 is 5.97 Å². The summed E-state index contributed by atoms with van der Waals surface area (Å²) in [4.78, 5) is 16.1. The molecule has 1 aromatic rings. The molecule has 0 amide bonds. The number of aromatic nitrogens is 1. The zero-order valence-electron chi connectivity index (χ0n) is 9.15. The number of aliphatic carboxylic acids is 1. The summed E-state index contributed by atoms with van der Waals surface area (Å²) in [5.74, 6) is -0.606. The molecule has 0 aliphatic carbocycles. The number of carboxylic acid groups (broad SMARTS) is 1. The summed E-state index contributed by atoms with van der Waals surface area (Å²) < 4.78 is 0. The highest BCUT2D eigenvalue weighted by molar-refractivity contribution is 7.11. The van der Waals surface area contributed by atoms with Gasteiger partial charge in [0.15, 0.2) is 0 Å². The van der Waals surface area contributed by atoms with E-state index >= 15 is 0 Å². The largest absolute Gasteiger partial charge is 0.480 e. The maximum atomic E-state index is 10.6. The number of carbonyl (C=O) groups is 1. The lowest BCUT2D eigenvalue weighted by Crippen LogP contribution is -2.32. The quantitative estimate of drug-likeness (QED) is 0.819. The van der Waals surface area contributed by atoms with Gasteiger partial charge in [0.2, 0.25) is 0 Å². The SMILES string of the molecule is Cc1sc(CC(N)C(=O)O)nc1C(C)C. The molecular weight excluding hydrogens is 212 g/mol. The van der Waals surface area contributed by atoms with Gasteiger partial charge in [0, 0.05) is 11.3 Å². The summed E-state index contributed by atoms with van der Waals surface area (Å²) in [6.45, 7) is 6.15. The van der Waals surface area contributed by atoms with E-state index in [0.717, 1.165) is 15.6 Å². The minimum absolute atomic E-state index is 0.313. The Hall–Kier alpha value is -0.940. The van der Waals surface area contributed by atoms with E-state index in [9.17, 15) is 4.79 Å². The Bertz CT molecular complexity index is 360. The molecule has 1 heterocycles. The van der Waals surface area contributed by atoms with Crippen LogP contribution in [0.3, 0.4) is 0 Å². The van der Waals surface area contributed by atoms with E-state index in [2.05, 4.69) is 18.8 Å². The molecule has 0 spiro atoms. The van der Waals surface area contributed by atoms with Crippen LogP contribution in [-0.2, 0) is 11.2 Å². The molecule has 84 valence electrons. The van der Waals surface area contributed by atoms with Crippen LogP contribution in [-0.4, -0.2) is 22.1 Å². The van der Waals surface area contributed by atoms with Gasteiger partial charge in [-0.2, -0.15) is 0 Å². The van der Waals surface area contributed by atoms with Crippen molar-refractivity contribution in [1.82, 2.24) is 4.98 Å².